The molecule has 1 amide bonds. The van der Waals surface area contributed by atoms with Crippen molar-refractivity contribution in [3.05, 3.63) is 77.8 Å². The van der Waals surface area contributed by atoms with E-state index in [0.29, 0.717) is 24.5 Å². The Bertz CT molecular complexity index is 1090. The van der Waals surface area contributed by atoms with E-state index in [4.69, 9.17) is 4.98 Å². The molecular weight excluding hydrogens is 419 g/mol. The Morgan fingerprint density at radius 1 is 1.27 bits per heavy atom. The number of aromatic nitrogens is 3. The zero-order valence-electron chi connectivity index (χ0n) is 19.0. The van der Waals surface area contributed by atoms with Gasteiger partial charge < -0.3 is 10.2 Å². The number of nitrogens with zero attached hydrogens (tertiary/aromatic N) is 5. The molecular formula is C25H29FN6O. The van der Waals surface area contributed by atoms with Gasteiger partial charge in [0.2, 0.25) is 5.91 Å². The number of hydrogen-bond donors (Lipinski definition) is 1. The van der Waals surface area contributed by atoms with Crippen molar-refractivity contribution in [2.24, 2.45) is 0 Å². The van der Waals surface area contributed by atoms with Gasteiger partial charge in [0.05, 0.1) is 12.7 Å². The lowest BCUT2D eigenvalue weighted by molar-refractivity contribution is -0.133. The molecule has 33 heavy (non-hydrogen) atoms. The van der Waals surface area contributed by atoms with Crippen LogP contribution < -0.4 is 5.32 Å². The Balaban J connectivity index is 1.39. The predicted octanol–water partition coefficient (Wildman–Crippen LogP) is 3.90. The number of benzene rings is 1. The molecule has 1 aliphatic heterocycles. The maximum Gasteiger partial charge on any atom is 0.236 e. The average molecular weight is 449 g/mol. The summed E-state index contributed by atoms with van der Waals surface area (Å²) in [6.07, 6.45) is 6.86. The lowest BCUT2D eigenvalue weighted by Gasteiger charge is -2.34. The molecule has 0 aliphatic carbocycles. The average Bonchev–Trinajstić information content (AvgIpc) is 2.81. The van der Waals surface area contributed by atoms with Gasteiger partial charge in [0.25, 0.3) is 0 Å². The summed E-state index contributed by atoms with van der Waals surface area (Å²) < 4.78 is 13.9. The largest absolute Gasteiger partial charge is 0.341 e. The first kappa shape index (κ1) is 22.8. The van der Waals surface area contributed by atoms with Crippen LogP contribution in [-0.4, -0.2) is 57.3 Å². The van der Waals surface area contributed by atoms with Crippen LogP contribution in [0.1, 0.15) is 35.7 Å². The fraction of sp³-hybridized carbons (Fsp3) is 0.360. The van der Waals surface area contributed by atoms with Crippen molar-refractivity contribution in [3.63, 3.8) is 0 Å². The Labute approximate surface area is 193 Å². The molecule has 3 aromatic rings. The number of carbonyl (C=O) groups is 1. The lowest BCUT2D eigenvalue weighted by Crippen LogP contribution is -2.43. The molecule has 1 atom stereocenters. The van der Waals surface area contributed by atoms with Gasteiger partial charge in [-0.05, 0) is 45.0 Å². The Morgan fingerprint density at radius 3 is 2.91 bits per heavy atom. The van der Waals surface area contributed by atoms with E-state index in [1.807, 2.05) is 42.0 Å². The van der Waals surface area contributed by atoms with Crippen molar-refractivity contribution in [2.45, 2.75) is 32.2 Å². The Kier molecular flexibility index (Phi) is 7.24. The first-order valence-corrected chi connectivity index (χ1v) is 11.2. The highest BCUT2D eigenvalue weighted by atomic mass is 19.1. The quantitative estimate of drug-likeness (QED) is 0.591. The van der Waals surface area contributed by atoms with Crippen LogP contribution in [0, 0.1) is 12.7 Å². The molecule has 1 aliphatic rings. The molecule has 172 valence electrons. The van der Waals surface area contributed by atoms with Gasteiger partial charge in [-0.1, -0.05) is 18.2 Å². The van der Waals surface area contributed by atoms with Crippen molar-refractivity contribution in [2.75, 3.05) is 32.0 Å². The minimum atomic E-state index is -0.244. The number of pyridine rings is 1. The number of likely N-dealkylation sites (N-methyl/N-ethyl adjacent to an activating group) is 1. The highest BCUT2D eigenvalue weighted by Gasteiger charge is 2.26. The molecule has 1 aromatic carbocycles. The summed E-state index contributed by atoms with van der Waals surface area (Å²) in [6, 6.07) is 10.7. The van der Waals surface area contributed by atoms with Crippen molar-refractivity contribution in [1.29, 1.82) is 0 Å². The smallest absolute Gasteiger partial charge is 0.236 e. The number of aryl methyl sites for hydroxylation is 1. The van der Waals surface area contributed by atoms with Crippen molar-refractivity contribution in [3.8, 4) is 0 Å². The molecule has 4 rings (SSSR count). The topological polar surface area (TPSA) is 74.2 Å². The highest BCUT2D eigenvalue weighted by molar-refractivity contribution is 5.78. The van der Waals surface area contributed by atoms with Crippen LogP contribution in [-0.2, 0) is 11.3 Å². The Morgan fingerprint density at radius 2 is 2.12 bits per heavy atom. The summed E-state index contributed by atoms with van der Waals surface area (Å²) in [5.74, 6) is 0.657. The fourth-order valence-corrected chi connectivity index (χ4v) is 4.24. The van der Waals surface area contributed by atoms with Gasteiger partial charge in [-0.15, -0.1) is 0 Å². The van der Waals surface area contributed by atoms with E-state index in [1.165, 1.54) is 6.07 Å². The molecule has 1 saturated heterocycles. The zero-order chi connectivity index (χ0) is 23.2. The maximum atomic E-state index is 13.9. The number of carbonyl (C=O) groups excluding carboxylic acids is 1. The fourth-order valence-electron chi connectivity index (χ4n) is 4.24. The zero-order valence-corrected chi connectivity index (χ0v) is 19.0. The van der Waals surface area contributed by atoms with Crippen LogP contribution in [0.15, 0.2) is 55.0 Å². The molecule has 2 aromatic heterocycles. The van der Waals surface area contributed by atoms with Crippen LogP contribution in [0.25, 0.3) is 0 Å². The van der Waals surface area contributed by atoms with Crippen LogP contribution in [0.4, 0.5) is 15.9 Å². The molecule has 0 saturated carbocycles. The second-order valence-corrected chi connectivity index (χ2v) is 8.58. The van der Waals surface area contributed by atoms with Crippen LogP contribution in [0.2, 0.25) is 0 Å². The lowest BCUT2D eigenvalue weighted by atomic mass is 9.93. The summed E-state index contributed by atoms with van der Waals surface area (Å²) in [5.41, 5.74) is 3.38. The number of piperidine rings is 1. The van der Waals surface area contributed by atoms with E-state index in [-0.39, 0.29) is 24.2 Å². The van der Waals surface area contributed by atoms with Crippen molar-refractivity contribution >= 4 is 17.4 Å². The van der Waals surface area contributed by atoms with Gasteiger partial charge in [-0.3, -0.25) is 19.7 Å². The van der Waals surface area contributed by atoms with Gasteiger partial charge in [0.15, 0.2) is 0 Å². The number of hydrogen-bond acceptors (Lipinski definition) is 6. The van der Waals surface area contributed by atoms with E-state index in [0.717, 1.165) is 36.5 Å². The van der Waals surface area contributed by atoms with E-state index < -0.39 is 0 Å². The normalized spacial score (nSPS) is 16.1. The molecule has 0 unspecified atom stereocenters. The van der Waals surface area contributed by atoms with Crippen LogP contribution >= 0.6 is 0 Å². The highest BCUT2D eigenvalue weighted by Crippen LogP contribution is 2.28. The van der Waals surface area contributed by atoms with Gasteiger partial charge in [-0.2, -0.15) is 0 Å². The third kappa shape index (κ3) is 6.10. The Hall–Kier alpha value is -3.39. The number of likely N-dealkylation sites (tertiary alicyclic amines) is 1. The third-order valence-corrected chi connectivity index (χ3v) is 5.80. The minimum absolute atomic E-state index is 0.0594. The van der Waals surface area contributed by atoms with E-state index in [1.54, 1.807) is 30.7 Å². The molecule has 8 heteroatoms. The maximum absolute atomic E-state index is 13.9. The molecule has 0 radical (unpaired) electrons. The summed E-state index contributed by atoms with van der Waals surface area (Å²) in [4.78, 5) is 29.9. The molecule has 0 spiro atoms. The van der Waals surface area contributed by atoms with Gasteiger partial charge in [-0.25, -0.2) is 9.37 Å². The van der Waals surface area contributed by atoms with E-state index >= 15 is 0 Å². The van der Waals surface area contributed by atoms with Gasteiger partial charge >= 0.3 is 0 Å². The molecule has 7 nitrogen and oxygen atoms in total. The minimum Gasteiger partial charge on any atom is -0.341 e. The van der Waals surface area contributed by atoms with Gasteiger partial charge in [0.1, 0.15) is 11.6 Å². The first-order valence-electron chi connectivity index (χ1n) is 11.2. The summed E-state index contributed by atoms with van der Waals surface area (Å²) in [7, 11) is 1.85. The standard InChI is InChI=1S/C25H29FN6O/c1-18-12-21(30-24-14-27-9-10-28-24)13-23(29-18)20-7-5-11-32(16-20)25(33)17-31(2)15-19-6-3-4-8-22(19)26/h3-4,6,8-10,12-14,20H,5,7,11,15-17H2,1-2H3,(H,28,29,30)/t20-/m0/s1. The van der Waals surface area contributed by atoms with Crippen molar-refractivity contribution in [1.82, 2.24) is 24.8 Å². The molecule has 1 fully saturated rings. The summed E-state index contributed by atoms with van der Waals surface area (Å²) in [5, 5.41) is 3.28. The summed E-state index contributed by atoms with van der Waals surface area (Å²) >= 11 is 0. The number of amides is 1. The number of rotatable bonds is 7. The number of halogens is 1. The summed E-state index contributed by atoms with van der Waals surface area (Å²) in [6.45, 7) is 3.98. The predicted molar refractivity (Wildman–Crippen MR) is 126 cm³/mol. The van der Waals surface area contributed by atoms with Crippen molar-refractivity contribution < 1.29 is 9.18 Å². The molecule has 1 N–H and O–H groups in total. The SMILES string of the molecule is Cc1cc(Nc2cnccn2)cc([C@H]2CCCN(C(=O)CN(C)Cc3ccccc3F)C2)n1. The van der Waals surface area contributed by atoms with Crippen LogP contribution in [0.3, 0.4) is 0 Å². The van der Waals surface area contributed by atoms with Gasteiger partial charge in [0, 0.05) is 60.6 Å². The molecule has 3 heterocycles. The first-order chi connectivity index (χ1) is 16.0. The van der Waals surface area contributed by atoms with Crippen LogP contribution in [0.5, 0.6) is 0 Å². The third-order valence-electron chi connectivity index (χ3n) is 5.80. The second kappa shape index (κ2) is 10.5. The number of anilines is 2. The van der Waals surface area contributed by atoms with E-state index in [2.05, 4.69) is 15.3 Å². The number of nitrogens with one attached hydrogen (secondary N) is 1. The van der Waals surface area contributed by atoms with E-state index in [9.17, 15) is 9.18 Å². The molecule has 0 bridgehead atoms. The monoisotopic (exact) mass is 448 g/mol. The second-order valence-electron chi connectivity index (χ2n) is 8.58.